The minimum Gasteiger partial charge on any atom is -0.493 e. The van der Waals surface area contributed by atoms with Crippen molar-refractivity contribution in [3.63, 3.8) is 0 Å². The summed E-state index contributed by atoms with van der Waals surface area (Å²) in [6.07, 6.45) is 3.98. The number of aliphatic imine (C=N–C) groups is 1. The molecule has 0 aromatic heterocycles. The number of rotatable bonds is 9. The molecule has 168 valence electrons. The zero-order valence-corrected chi connectivity index (χ0v) is 19.6. The Kier molecular flexibility index (Phi) is 9.08. The molecule has 1 amide bonds. The first-order chi connectivity index (χ1) is 14.4. The van der Waals surface area contributed by atoms with E-state index in [0.29, 0.717) is 42.2 Å². The molecule has 1 aliphatic rings. The Labute approximate surface area is 185 Å². The topological polar surface area (TPSA) is 75.2 Å². The van der Waals surface area contributed by atoms with Gasteiger partial charge in [0.2, 0.25) is 5.91 Å². The molecule has 1 aliphatic carbocycles. The van der Waals surface area contributed by atoms with Crippen LogP contribution in [0.2, 0.25) is 5.02 Å². The number of carbonyl (C=O) groups is 1. The molecular weight excluding hydrogens is 404 g/mol. The van der Waals surface area contributed by atoms with Gasteiger partial charge in [0.15, 0.2) is 17.5 Å². The number of halogens is 1. The van der Waals surface area contributed by atoms with Crippen LogP contribution in [0.4, 0.5) is 0 Å². The highest BCUT2D eigenvalue weighted by atomic mass is 35.5. The van der Waals surface area contributed by atoms with Crippen molar-refractivity contribution in [3.8, 4) is 11.5 Å². The van der Waals surface area contributed by atoms with Gasteiger partial charge in [-0.2, -0.15) is 0 Å². The van der Waals surface area contributed by atoms with Crippen LogP contribution in [-0.4, -0.2) is 57.7 Å². The van der Waals surface area contributed by atoms with Crippen LogP contribution in [-0.2, 0) is 11.3 Å². The largest absolute Gasteiger partial charge is 0.493 e. The summed E-state index contributed by atoms with van der Waals surface area (Å²) in [5, 5.41) is 7.15. The van der Waals surface area contributed by atoms with E-state index in [4.69, 9.17) is 21.1 Å². The molecule has 1 saturated carbocycles. The van der Waals surface area contributed by atoms with Crippen molar-refractivity contribution in [2.45, 2.75) is 46.1 Å². The van der Waals surface area contributed by atoms with Crippen LogP contribution in [0.3, 0.4) is 0 Å². The molecule has 0 spiro atoms. The molecule has 30 heavy (non-hydrogen) atoms. The van der Waals surface area contributed by atoms with Gasteiger partial charge >= 0.3 is 0 Å². The van der Waals surface area contributed by atoms with Crippen molar-refractivity contribution in [1.82, 2.24) is 15.5 Å². The first-order valence-corrected chi connectivity index (χ1v) is 11.0. The summed E-state index contributed by atoms with van der Waals surface area (Å²) in [5.41, 5.74) is 0.559. The van der Waals surface area contributed by atoms with Crippen LogP contribution in [0.1, 0.15) is 45.1 Å². The smallest absolute Gasteiger partial charge is 0.230 e. The average Bonchev–Trinajstić information content (AvgIpc) is 3.21. The van der Waals surface area contributed by atoms with Gasteiger partial charge < -0.3 is 25.0 Å². The summed E-state index contributed by atoms with van der Waals surface area (Å²) in [6, 6.07) is 3.73. The van der Waals surface area contributed by atoms with Crippen LogP contribution in [0, 0.1) is 5.41 Å². The lowest BCUT2D eigenvalue weighted by atomic mass is 9.84. The molecule has 8 heteroatoms. The van der Waals surface area contributed by atoms with Gasteiger partial charge in [0.05, 0.1) is 30.7 Å². The van der Waals surface area contributed by atoms with E-state index >= 15 is 0 Å². The van der Waals surface area contributed by atoms with Gasteiger partial charge in [-0.1, -0.05) is 24.4 Å². The predicted octanol–water partition coefficient (Wildman–Crippen LogP) is 3.45. The highest BCUT2D eigenvalue weighted by Crippen LogP contribution is 2.39. The number of hydrogen-bond acceptors (Lipinski definition) is 4. The molecule has 0 radical (unpaired) electrons. The van der Waals surface area contributed by atoms with E-state index in [-0.39, 0.29) is 11.3 Å². The molecule has 1 aromatic carbocycles. The molecule has 1 aromatic rings. The third-order valence-electron chi connectivity index (χ3n) is 5.36. The van der Waals surface area contributed by atoms with Gasteiger partial charge in [-0.3, -0.25) is 4.79 Å². The molecular formula is C22H35ClN4O3. The Morgan fingerprint density at radius 2 is 1.93 bits per heavy atom. The molecule has 0 bridgehead atoms. The van der Waals surface area contributed by atoms with Crippen LogP contribution in [0.5, 0.6) is 11.5 Å². The van der Waals surface area contributed by atoms with E-state index in [0.717, 1.165) is 37.8 Å². The Morgan fingerprint density at radius 1 is 1.23 bits per heavy atom. The molecule has 2 rings (SSSR count). The Balaban J connectivity index is 2.14. The number of nitrogens with zero attached hydrogens (tertiary/aromatic N) is 2. The monoisotopic (exact) mass is 438 g/mol. The predicted molar refractivity (Wildman–Crippen MR) is 122 cm³/mol. The second kappa shape index (κ2) is 11.3. The molecule has 0 saturated heterocycles. The molecule has 0 unspecified atom stereocenters. The highest BCUT2D eigenvalue weighted by Gasteiger charge is 2.42. The van der Waals surface area contributed by atoms with Crippen molar-refractivity contribution in [1.29, 1.82) is 0 Å². The van der Waals surface area contributed by atoms with E-state index in [1.54, 1.807) is 12.0 Å². The number of hydrogen-bond donors (Lipinski definition) is 2. The van der Waals surface area contributed by atoms with Gasteiger partial charge in [0, 0.05) is 27.2 Å². The van der Waals surface area contributed by atoms with E-state index in [9.17, 15) is 4.79 Å². The fourth-order valence-corrected chi connectivity index (χ4v) is 4.19. The zero-order chi connectivity index (χ0) is 22.1. The normalized spacial score (nSPS) is 15.6. The summed E-state index contributed by atoms with van der Waals surface area (Å²) >= 11 is 6.37. The van der Waals surface area contributed by atoms with Gasteiger partial charge in [-0.15, -0.1) is 0 Å². The van der Waals surface area contributed by atoms with Gasteiger partial charge in [-0.05, 0) is 44.4 Å². The molecule has 1 fully saturated rings. The average molecular weight is 439 g/mol. The summed E-state index contributed by atoms with van der Waals surface area (Å²) in [4.78, 5) is 19.2. The third-order valence-corrected chi connectivity index (χ3v) is 5.64. The van der Waals surface area contributed by atoms with E-state index in [2.05, 4.69) is 15.6 Å². The number of amides is 1. The van der Waals surface area contributed by atoms with E-state index in [1.165, 1.54) is 0 Å². The maximum Gasteiger partial charge on any atom is 0.230 e. The zero-order valence-electron chi connectivity index (χ0n) is 18.8. The standard InChI is InChI=1S/C22H35ClN4O3/c1-6-24-21(26-15-22(10-8-9-11-22)20(28)27(3)4)25-14-16-12-17(23)19(30-7-2)18(13-16)29-5/h12-13H,6-11,14-15H2,1-5H3,(H2,24,25,26). The first-order valence-electron chi connectivity index (χ1n) is 10.6. The molecule has 0 aliphatic heterocycles. The summed E-state index contributed by atoms with van der Waals surface area (Å²) < 4.78 is 11.0. The third kappa shape index (κ3) is 5.94. The molecule has 0 atom stereocenters. The van der Waals surface area contributed by atoms with E-state index < -0.39 is 0 Å². The number of ether oxygens (including phenoxy) is 2. The van der Waals surface area contributed by atoms with Gasteiger partial charge in [0.1, 0.15) is 0 Å². The second-order valence-corrected chi connectivity index (χ2v) is 8.18. The molecule has 0 heterocycles. The Bertz CT molecular complexity index is 746. The van der Waals surface area contributed by atoms with Gasteiger partial charge in [-0.25, -0.2) is 4.99 Å². The maximum atomic E-state index is 12.8. The number of carbonyl (C=O) groups excluding carboxylic acids is 1. The minimum atomic E-state index is -0.356. The lowest BCUT2D eigenvalue weighted by Crippen LogP contribution is -2.49. The molecule has 7 nitrogen and oxygen atoms in total. The van der Waals surface area contributed by atoms with Crippen molar-refractivity contribution in [3.05, 3.63) is 22.7 Å². The van der Waals surface area contributed by atoms with Crippen molar-refractivity contribution >= 4 is 23.5 Å². The van der Waals surface area contributed by atoms with Crippen LogP contribution < -0.4 is 20.1 Å². The number of nitrogens with one attached hydrogen (secondary N) is 2. The Hall–Kier alpha value is -2.15. The number of guanidine groups is 1. The fraction of sp³-hybridized carbons (Fsp3) is 0.636. The van der Waals surface area contributed by atoms with E-state index in [1.807, 2.05) is 40.1 Å². The first kappa shape index (κ1) is 24.1. The lowest BCUT2D eigenvalue weighted by molar-refractivity contribution is -0.138. The van der Waals surface area contributed by atoms with Crippen LogP contribution >= 0.6 is 11.6 Å². The fourth-order valence-electron chi connectivity index (χ4n) is 3.91. The minimum absolute atomic E-state index is 0.186. The van der Waals surface area contributed by atoms with Crippen LogP contribution in [0.15, 0.2) is 17.1 Å². The summed E-state index contributed by atoms with van der Waals surface area (Å²) in [6.45, 7) is 6.16. The SMILES string of the molecule is CCNC(=NCc1cc(Cl)c(OCC)c(OC)c1)NCC1(C(=O)N(C)C)CCCC1. The Morgan fingerprint density at radius 3 is 2.50 bits per heavy atom. The van der Waals surface area contributed by atoms with Gasteiger partial charge in [0.25, 0.3) is 0 Å². The summed E-state index contributed by atoms with van der Waals surface area (Å²) in [7, 11) is 5.24. The lowest BCUT2D eigenvalue weighted by Gasteiger charge is -2.31. The van der Waals surface area contributed by atoms with Crippen molar-refractivity contribution < 1.29 is 14.3 Å². The maximum absolute atomic E-state index is 12.8. The van der Waals surface area contributed by atoms with Crippen molar-refractivity contribution in [2.75, 3.05) is 40.9 Å². The summed E-state index contributed by atoms with van der Waals surface area (Å²) in [5.74, 6) is 2.00. The quantitative estimate of drug-likeness (QED) is 0.456. The number of methoxy groups -OCH3 is 1. The number of benzene rings is 1. The molecule has 2 N–H and O–H groups in total. The second-order valence-electron chi connectivity index (χ2n) is 7.78. The highest BCUT2D eigenvalue weighted by molar-refractivity contribution is 6.32. The van der Waals surface area contributed by atoms with Crippen molar-refractivity contribution in [2.24, 2.45) is 10.4 Å². The van der Waals surface area contributed by atoms with Crippen LogP contribution in [0.25, 0.3) is 0 Å².